The minimum atomic E-state index is -4.59. The van der Waals surface area contributed by atoms with Gasteiger partial charge in [0.15, 0.2) is 0 Å². The van der Waals surface area contributed by atoms with Gasteiger partial charge in [0, 0.05) is 5.52 Å². The van der Waals surface area contributed by atoms with Gasteiger partial charge in [-0.25, -0.2) is 0 Å². The van der Waals surface area contributed by atoms with Crippen LogP contribution in [0.2, 0.25) is 0 Å². The van der Waals surface area contributed by atoms with E-state index in [4.69, 9.17) is 5.73 Å². The van der Waals surface area contributed by atoms with Crippen molar-refractivity contribution in [3.05, 3.63) is 46.4 Å². The fourth-order valence-corrected chi connectivity index (χ4v) is 1.48. The molecule has 0 amide bonds. The Kier molecular flexibility index (Phi) is 2.15. The lowest BCUT2D eigenvalue weighted by Gasteiger charge is -2.11. The molecule has 0 saturated carbocycles. The third kappa shape index (κ3) is 1.52. The van der Waals surface area contributed by atoms with Crippen LogP contribution in [0.5, 0.6) is 0 Å². The summed E-state index contributed by atoms with van der Waals surface area (Å²) >= 11 is 0. The Morgan fingerprint density at radius 2 is 1.81 bits per heavy atom. The molecule has 0 aromatic carbocycles. The monoisotopic (exact) mass is 228 g/mol. The number of fused-ring (bicyclic) bond motifs is 1. The van der Waals surface area contributed by atoms with E-state index in [-0.39, 0.29) is 11.2 Å². The van der Waals surface area contributed by atoms with Crippen LogP contribution in [0, 0.1) is 0 Å². The van der Waals surface area contributed by atoms with Gasteiger partial charge in [-0.05, 0) is 24.3 Å². The van der Waals surface area contributed by atoms with Crippen LogP contribution in [0.4, 0.5) is 18.9 Å². The van der Waals surface area contributed by atoms with E-state index >= 15 is 0 Å². The number of halogens is 3. The number of hydrogen-bond acceptors (Lipinski definition) is 2. The molecule has 0 saturated heterocycles. The highest BCUT2D eigenvalue weighted by atomic mass is 19.4. The first-order valence-electron chi connectivity index (χ1n) is 4.39. The number of anilines is 1. The summed E-state index contributed by atoms with van der Waals surface area (Å²) in [5, 5.41) is 0. The second-order valence-electron chi connectivity index (χ2n) is 3.26. The van der Waals surface area contributed by atoms with Crippen molar-refractivity contribution in [2.75, 3.05) is 5.73 Å². The fourth-order valence-electron chi connectivity index (χ4n) is 1.48. The quantitative estimate of drug-likeness (QED) is 0.748. The smallest absolute Gasteiger partial charge is 0.394 e. The van der Waals surface area contributed by atoms with Crippen LogP contribution < -0.4 is 11.3 Å². The van der Waals surface area contributed by atoms with E-state index in [1.165, 1.54) is 24.3 Å². The van der Waals surface area contributed by atoms with Crippen LogP contribution in [0.1, 0.15) is 5.69 Å². The van der Waals surface area contributed by atoms with Gasteiger partial charge in [0.1, 0.15) is 5.69 Å². The van der Waals surface area contributed by atoms with Crippen molar-refractivity contribution < 1.29 is 13.2 Å². The second kappa shape index (κ2) is 3.26. The summed E-state index contributed by atoms with van der Waals surface area (Å²) in [4.78, 5) is 11.5. The van der Waals surface area contributed by atoms with Crippen LogP contribution in [-0.4, -0.2) is 4.40 Å². The third-order valence-corrected chi connectivity index (χ3v) is 2.19. The summed E-state index contributed by atoms with van der Waals surface area (Å²) in [6.07, 6.45) is -4.59. The van der Waals surface area contributed by atoms with Crippen LogP contribution >= 0.6 is 0 Å². The first-order valence-corrected chi connectivity index (χ1v) is 4.39. The molecule has 0 fully saturated rings. The van der Waals surface area contributed by atoms with Crippen molar-refractivity contribution in [2.45, 2.75) is 6.18 Å². The number of nitrogens with two attached hydrogens (primary N) is 1. The molecular formula is C10H7F3N2O. The summed E-state index contributed by atoms with van der Waals surface area (Å²) in [6.45, 7) is 0. The molecule has 16 heavy (non-hydrogen) atoms. The molecule has 0 bridgehead atoms. The Morgan fingerprint density at radius 1 is 1.12 bits per heavy atom. The molecule has 0 aliphatic carbocycles. The molecule has 0 radical (unpaired) electrons. The maximum Gasteiger partial charge on any atom is 0.431 e. The summed E-state index contributed by atoms with van der Waals surface area (Å²) in [5.74, 6) is 0. The summed E-state index contributed by atoms with van der Waals surface area (Å²) in [6, 6.07) is 6.15. The number of rotatable bonds is 0. The molecule has 2 aromatic heterocycles. The molecule has 2 heterocycles. The van der Waals surface area contributed by atoms with Gasteiger partial charge in [-0.2, -0.15) is 13.2 Å². The first kappa shape index (κ1) is 10.5. The Hall–Kier alpha value is -1.98. The van der Waals surface area contributed by atoms with E-state index in [0.29, 0.717) is 4.40 Å². The molecule has 2 N–H and O–H groups in total. The maximum atomic E-state index is 12.6. The SMILES string of the molecule is Nc1ccc2cccc(C(F)(F)F)n2c1=O. The summed E-state index contributed by atoms with van der Waals surface area (Å²) < 4.78 is 38.5. The standard InChI is InChI=1S/C10H7F3N2O/c11-10(12,13)8-3-1-2-6-4-5-7(14)9(16)15(6)8/h1-5H,14H2. The molecular weight excluding hydrogens is 221 g/mol. The Labute approximate surface area is 87.9 Å². The van der Waals surface area contributed by atoms with Crippen molar-refractivity contribution in [3.8, 4) is 0 Å². The minimum absolute atomic E-state index is 0.161. The number of nitrogens with zero attached hydrogens (tertiary/aromatic N) is 1. The molecule has 0 aliphatic rings. The molecule has 2 rings (SSSR count). The van der Waals surface area contributed by atoms with Gasteiger partial charge in [-0.15, -0.1) is 0 Å². The molecule has 6 heteroatoms. The predicted molar refractivity (Wildman–Crippen MR) is 53.1 cm³/mol. The zero-order valence-corrected chi connectivity index (χ0v) is 7.95. The molecule has 3 nitrogen and oxygen atoms in total. The van der Waals surface area contributed by atoms with E-state index in [0.717, 1.165) is 6.07 Å². The average molecular weight is 228 g/mol. The van der Waals surface area contributed by atoms with Crippen molar-refractivity contribution >= 4 is 11.2 Å². The largest absolute Gasteiger partial charge is 0.431 e. The van der Waals surface area contributed by atoms with Crippen molar-refractivity contribution in [3.63, 3.8) is 0 Å². The zero-order valence-electron chi connectivity index (χ0n) is 7.95. The number of pyridine rings is 2. The van der Waals surface area contributed by atoms with E-state index in [1.54, 1.807) is 0 Å². The molecule has 84 valence electrons. The molecule has 0 unspecified atom stereocenters. The van der Waals surface area contributed by atoms with Crippen LogP contribution in [0.15, 0.2) is 35.1 Å². The lowest BCUT2D eigenvalue weighted by molar-refractivity contribution is -0.142. The van der Waals surface area contributed by atoms with Gasteiger partial charge >= 0.3 is 6.18 Å². The molecule has 2 aromatic rings. The molecule has 0 aliphatic heterocycles. The average Bonchev–Trinajstić information content (AvgIpc) is 2.21. The topological polar surface area (TPSA) is 47.5 Å². The molecule has 0 atom stereocenters. The predicted octanol–water partition coefficient (Wildman–Crippen LogP) is 1.90. The second-order valence-corrected chi connectivity index (χ2v) is 3.26. The van der Waals surface area contributed by atoms with Gasteiger partial charge in [-0.3, -0.25) is 9.20 Å². The molecule has 0 spiro atoms. The van der Waals surface area contributed by atoms with E-state index in [9.17, 15) is 18.0 Å². The third-order valence-electron chi connectivity index (χ3n) is 2.19. The van der Waals surface area contributed by atoms with Crippen molar-refractivity contribution in [2.24, 2.45) is 0 Å². The van der Waals surface area contributed by atoms with Gasteiger partial charge in [-0.1, -0.05) is 6.07 Å². The van der Waals surface area contributed by atoms with Gasteiger partial charge in [0.2, 0.25) is 0 Å². The summed E-state index contributed by atoms with van der Waals surface area (Å²) in [7, 11) is 0. The summed E-state index contributed by atoms with van der Waals surface area (Å²) in [5.41, 5.74) is 3.36. The Bertz CT molecular complexity index is 601. The normalized spacial score (nSPS) is 11.9. The van der Waals surface area contributed by atoms with Gasteiger partial charge in [0.05, 0.1) is 5.69 Å². The number of hydrogen-bond donors (Lipinski definition) is 1. The number of nitrogen functional groups attached to an aromatic ring is 1. The lowest BCUT2D eigenvalue weighted by Crippen LogP contribution is -2.24. The van der Waals surface area contributed by atoms with Crippen LogP contribution in [0.25, 0.3) is 5.52 Å². The number of aromatic nitrogens is 1. The lowest BCUT2D eigenvalue weighted by atomic mass is 10.2. The highest BCUT2D eigenvalue weighted by Crippen LogP contribution is 2.28. The van der Waals surface area contributed by atoms with Crippen LogP contribution in [0.3, 0.4) is 0 Å². The fraction of sp³-hybridized carbons (Fsp3) is 0.100. The number of alkyl halides is 3. The van der Waals surface area contributed by atoms with Crippen molar-refractivity contribution in [1.82, 2.24) is 4.40 Å². The highest BCUT2D eigenvalue weighted by molar-refractivity contribution is 5.53. The maximum absolute atomic E-state index is 12.6. The van der Waals surface area contributed by atoms with E-state index in [2.05, 4.69) is 0 Å². The highest BCUT2D eigenvalue weighted by Gasteiger charge is 2.33. The van der Waals surface area contributed by atoms with Crippen molar-refractivity contribution in [1.29, 1.82) is 0 Å². The minimum Gasteiger partial charge on any atom is -0.394 e. The Balaban J connectivity index is 2.97. The Morgan fingerprint density at radius 3 is 2.44 bits per heavy atom. The first-order chi connectivity index (χ1) is 7.41. The van der Waals surface area contributed by atoms with E-state index < -0.39 is 17.4 Å². The van der Waals surface area contributed by atoms with Crippen LogP contribution in [-0.2, 0) is 6.18 Å². The van der Waals surface area contributed by atoms with E-state index in [1.807, 2.05) is 0 Å². The van der Waals surface area contributed by atoms with Gasteiger partial charge < -0.3 is 5.73 Å². The van der Waals surface area contributed by atoms with Gasteiger partial charge in [0.25, 0.3) is 5.56 Å². The zero-order chi connectivity index (χ0) is 11.9.